The fourth-order valence-electron chi connectivity index (χ4n) is 5.06. The third-order valence-electron chi connectivity index (χ3n) is 7.14. The van der Waals surface area contributed by atoms with Crippen molar-refractivity contribution in [3.05, 3.63) is 73.6 Å². The van der Waals surface area contributed by atoms with Gasteiger partial charge in [-0.25, -0.2) is 18.0 Å². The van der Waals surface area contributed by atoms with Crippen molar-refractivity contribution >= 4 is 40.6 Å². The van der Waals surface area contributed by atoms with Crippen LogP contribution >= 0.6 is 23.2 Å². The number of fused-ring (bicyclic) bond motifs is 1. The molecule has 0 aliphatic carbocycles. The molecule has 0 radical (unpaired) electrons. The number of halogens is 8. The van der Waals surface area contributed by atoms with Crippen molar-refractivity contribution < 1.29 is 41.0 Å². The largest absolute Gasteiger partial charge is 0.490 e. The van der Waals surface area contributed by atoms with Crippen molar-refractivity contribution in [2.24, 2.45) is 0 Å². The second-order valence-electron chi connectivity index (χ2n) is 10.0. The summed E-state index contributed by atoms with van der Waals surface area (Å²) in [5.74, 6) is -6.46. The van der Waals surface area contributed by atoms with Gasteiger partial charge in [-0.1, -0.05) is 29.3 Å². The number of benzene rings is 1. The molecule has 3 aromatic rings. The lowest BCUT2D eigenvalue weighted by Crippen LogP contribution is -2.46. The summed E-state index contributed by atoms with van der Waals surface area (Å²) in [6, 6.07) is 5.79. The third kappa shape index (κ3) is 7.04. The number of rotatable bonds is 4. The van der Waals surface area contributed by atoms with E-state index in [-0.39, 0.29) is 52.2 Å². The number of carbonyl (C=O) groups is 2. The highest BCUT2D eigenvalue weighted by Gasteiger charge is 2.42. The lowest BCUT2D eigenvalue weighted by atomic mass is 10.0. The van der Waals surface area contributed by atoms with Gasteiger partial charge in [0.25, 0.3) is 17.4 Å². The number of aromatic nitrogens is 2. The van der Waals surface area contributed by atoms with E-state index in [2.05, 4.69) is 4.98 Å². The number of hydrogen-bond donors (Lipinski definition) is 2. The predicted molar refractivity (Wildman–Crippen MR) is 141 cm³/mol. The highest BCUT2D eigenvalue weighted by molar-refractivity contribution is 6.42. The summed E-state index contributed by atoms with van der Waals surface area (Å²) >= 11 is 12.4. The minimum atomic E-state index is -5.08. The Balaban J connectivity index is 0.000000517. The number of hydrogen-bond acceptors (Lipinski definition) is 4. The van der Waals surface area contributed by atoms with E-state index in [0.717, 1.165) is 0 Å². The van der Waals surface area contributed by atoms with Crippen LogP contribution < -0.4 is 5.56 Å². The summed E-state index contributed by atoms with van der Waals surface area (Å²) in [6.45, 7) is 0.883. The average Bonchev–Trinajstić information content (AvgIpc) is 3.45. The summed E-state index contributed by atoms with van der Waals surface area (Å²) < 4.78 is 75.1. The minimum Gasteiger partial charge on any atom is -0.475 e. The number of H-pyrrole nitrogens is 1. The molecule has 2 fully saturated rings. The zero-order valence-corrected chi connectivity index (χ0v) is 23.2. The van der Waals surface area contributed by atoms with Crippen molar-refractivity contribution in [1.29, 1.82) is 0 Å². The van der Waals surface area contributed by atoms with Crippen LogP contribution in [-0.4, -0.2) is 80.5 Å². The van der Waals surface area contributed by atoms with E-state index in [1.54, 1.807) is 15.9 Å². The molecule has 2 N–H and O–H groups in total. The molecule has 2 aliphatic heterocycles. The highest BCUT2D eigenvalue weighted by Crippen LogP contribution is 2.31. The van der Waals surface area contributed by atoms with Gasteiger partial charge in [-0.15, -0.1) is 0 Å². The van der Waals surface area contributed by atoms with E-state index in [9.17, 15) is 35.9 Å². The Morgan fingerprint density at radius 1 is 1.10 bits per heavy atom. The Kier molecular flexibility index (Phi) is 9.19. The van der Waals surface area contributed by atoms with Gasteiger partial charge in [0.2, 0.25) is 0 Å². The van der Waals surface area contributed by atoms with E-state index >= 15 is 0 Å². The molecule has 0 bridgehead atoms. The van der Waals surface area contributed by atoms with Crippen molar-refractivity contribution in [2.75, 3.05) is 26.2 Å². The molecule has 1 amide bonds. The van der Waals surface area contributed by atoms with Crippen LogP contribution in [0, 0.1) is 5.82 Å². The van der Waals surface area contributed by atoms with Crippen molar-refractivity contribution in [1.82, 2.24) is 19.2 Å². The predicted octanol–water partition coefficient (Wildman–Crippen LogP) is 5.24. The molecule has 16 heteroatoms. The number of carboxylic acids is 1. The summed E-state index contributed by atoms with van der Waals surface area (Å²) in [5.41, 5.74) is 1.15. The Hall–Kier alpha value is -3.23. The minimum absolute atomic E-state index is 0.00407. The van der Waals surface area contributed by atoms with Crippen LogP contribution in [-0.2, 0) is 11.2 Å². The molecule has 4 heterocycles. The van der Waals surface area contributed by atoms with Crippen LogP contribution in [0.1, 0.15) is 40.9 Å². The average molecular weight is 641 g/mol. The number of nitrogens with one attached hydrogen (secondary N) is 1. The first-order valence-electron chi connectivity index (χ1n) is 12.6. The molecule has 0 spiro atoms. The number of alkyl halides is 5. The first-order chi connectivity index (χ1) is 19.6. The smallest absolute Gasteiger partial charge is 0.475 e. The standard InChI is InChI=1S/C24H23Cl2F3N4O2.C2HF3O2/c25-18-11-20-22(34)30-12-16(33(20)21(18)26)9-14-1-2-19(27)17(10-14)23(35)31-6-3-15(4-7-31)32-8-5-24(28,29)13-32;3-2(4,5)1(6)7/h1-2,10-12,15H,3-9,13H2,(H,30,34);(H,6,7). The van der Waals surface area contributed by atoms with Gasteiger partial charge < -0.3 is 15.0 Å². The molecule has 42 heavy (non-hydrogen) atoms. The maximum Gasteiger partial charge on any atom is 0.490 e. The van der Waals surface area contributed by atoms with Gasteiger partial charge in [-0.3, -0.25) is 18.9 Å². The molecule has 5 rings (SSSR count). The zero-order chi connectivity index (χ0) is 31.0. The molecule has 2 saturated heterocycles. The highest BCUT2D eigenvalue weighted by atomic mass is 35.5. The van der Waals surface area contributed by atoms with Crippen molar-refractivity contribution in [3.63, 3.8) is 0 Å². The number of aliphatic carboxylic acids is 1. The molecule has 8 nitrogen and oxygen atoms in total. The van der Waals surface area contributed by atoms with Gasteiger partial charge in [0, 0.05) is 50.4 Å². The summed E-state index contributed by atoms with van der Waals surface area (Å²) in [5, 5.41) is 7.56. The van der Waals surface area contributed by atoms with Crippen LogP contribution in [0.25, 0.3) is 5.52 Å². The SMILES string of the molecule is O=C(O)C(F)(F)F.O=C(c1cc(Cc2c[nH]c(=O)c3cc(Cl)c(Cl)n23)ccc1F)N1CCC(N2CCC(F)(F)C2)CC1. The summed E-state index contributed by atoms with van der Waals surface area (Å²) in [6.07, 6.45) is -2.29. The number of piperidine rings is 1. The van der Waals surface area contributed by atoms with E-state index in [4.69, 9.17) is 33.1 Å². The van der Waals surface area contributed by atoms with E-state index in [1.165, 1.54) is 28.8 Å². The van der Waals surface area contributed by atoms with E-state index < -0.39 is 29.8 Å². The first kappa shape index (κ1) is 31.7. The van der Waals surface area contributed by atoms with Gasteiger partial charge in [-0.2, -0.15) is 13.2 Å². The molecule has 0 unspecified atom stereocenters. The second-order valence-corrected chi connectivity index (χ2v) is 10.8. The fraction of sp³-hybridized carbons (Fsp3) is 0.423. The Morgan fingerprint density at radius 2 is 1.74 bits per heavy atom. The maximum atomic E-state index is 14.7. The van der Waals surface area contributed by atoms with Crippen molar-refractivity contribution in [2.45, 2.75) is 43.8 Å². The molecule has 0 saturated carbocycles. The van der Waals surface area contributed by atoms with Crippen LogP contribution in [0.2, 0.25) is 10.2 Å². The van der Waals surface area contributed by atoms with Gasteiger partial charge in [0.05, 0.1) is 17.1 Å². The van der Waals surface area contributed by atoms with Crippen LogP contribution in [0.15, 0.2) is 35.3 Å². The lowest BCUT2D eigenvalue weighted by molar-refractivity contribution is -0.192. The normalized spacial score (nSPS) is 17.8. The van der Waals surface area contributed by atoms with E-state index in [1.807, 2.05) is 0 Å². The second kappa shape index (κ2) is 12.2. The number of aromatic amines is 1. The Morgan fingerprint density at radius 3 is 2.31 bits per heavy atom. The molecule has 0 atom stereocenters. The van der Waals surface area contributed by atoms with Gasteiger partial charge >= 0.3 is 12.1 Å². The maximum absolute atomic E-state index is 14.7. The van der Waals surface area contributed by atoms with Crippen LogP contribution in [0.4, 0.5) is 26.3 Å². The number of carbonyl (C=O) groups excluding carboxylic acids is 1. The van der Waals surface area contributed by atoms with Crippen LogP contribution in [0.3, 0.4) is 0 Å². The molecule has 2 aliphatic rings. The number of carboxylic acid groups (broad SMARTS) is 1. The summed E-state index contributed by atoms with van der Waals surface area (Å²) in [4.78, 5) is 40.2. The lowest BCUT2D eigenvalue weighted by Gasteiger charge is -2.36. The zero-order valence-electron chi connectivity index (χ0n) is 21.7. The molecule has 1 aromatic carbocycles. The van der Waals surface area contributed by atoms with E-state index in [0.29, 0.717) is 43.7 Å². The van der Waals surface area contributed by atoms with Gasteiger partial charge in [0.1, 0.15) is 16.5 Å². The number of likely N-dealkylation sites (tertiary alicyclic amines) is 2. The van der Waals surface area contributed by atoms with Crippen molar-refractivity contribution in [3.8, 4) is 0 Å². The number of amides is 1. The monoisotopic (exact) mass is 640 g/mol. The van der Waals surface area contributed by atoms with Gasteiger partial charge in [0.15, 0.2) is 0 Å². The number of nitrogens with zero attached hydrogens (tertiary/aromatic N) is 3. The first-order valence-corrected chi connectivity index (χ1v) is 13.4. The Bertz CT molecular complexity index is 1550. The third-order valence-corrected chi connectivity index (χ3v) is 7.90. The molecule has 228 valence electrons. The molecule has 2 aromatic heterocycles. The summed E-state index contributed by atoms with van der Waals surface area (Å²) in [7, 11) is 0. The topological polar surface area (TPSA) is 98.1 Å². The fourth-order valence-corrected chi connectivity index (χ4v) is 5.50. The molecular formula is C26H24Cl2F6N4O4. The quantitative estimate of drug-likeness (QED) is 0.380. The molecular weight excluding hydrogens is 617 g/mol. The van der Waals surface area contributed by atoms with Crippen LogP contribution in [0.5, 0.6) is 0 Å². The Labute approximate surface area is 244 Å². The van der Waals surface area contributed by atoms with Gasteiger partial charge in [-0.05, 0) is 36.6 Å².